The van der Waals surface area contributed by atoms with Gasteiger partial charge in [-0.3, -0.25) is 0 Å². The zero-order chi connectivity index (χ0) is 6.41. The normalized spacial score (nSPS) is 8.25. The summed E-state index contributed by atoms with van der Waals surface area (Å²) in [7, 11) is 0. The molecule has 8 heavy (non-hydrogen) atoms. The monoisotopic (exact) mass is 126 g/mol. The van der Waals surface area contributed by atoms with Crippen LogP contribution in [0.25, 0.3) is 0 Å². The van der Waals surface area contributed by atoms with Crippen molar-refractivity contribution in [3.05, 3.63) is 23.8 Å². The van der Waals surface area contributed by atoms with Crippen molar-refractivity contribution in [2.24, 2.45) is 0 Å². The van der Waals surface area contributed by atoms with Crippen LogP contribution in [0.5, 0.6) is 0 Å². The van der Waals surface area contributed by atoms with Gasteiger partial charge < -0.3 is 0 Å². The van der Waals surface area contributed by atoms with Crippen LogP contribution in [0.2, 0.25) is 0 Å². The fourth-order valence-corrected chi connectivity index (χ4v) is 0.259. The lowest BCUT2D eigenvalue weighted by atomic mass is 10.3. The van der Waals surface area contributed by atoms with Crippen LogP contribution in [-0.2, 0) is 0 Å². The van der Waals surface area contributed by atoms with E-state index in [0.29, 0.717) is 0 Å². The molecule has 0 bridgehead atoms. The van der Waals surface area contributed by atoms with E-state index in [-0.39, 0.29) is 0 Å². The molecule has 0 aliphatic carbocycles. The Balaban J connectivity index is 3.68. The van der Waals surface area contributed by atoms with Crippen molar-refractivity contribution in [2.75, 3.05) is 0 Å². The van der Waals surface area contributed by atoms with E-state index in [2.05, 4.69) is 18.4 Å². The molecule has 0 aromatic heterocycles. The lowest BCUT2D eigenvalue weighted by Gasteiger charge is -1.71. The summed E-state index contributed by atoms with van der Waals surface area (Å²) >= 11 is 5.17. The number of hydrogen-bond acceptors (Lipinski definition) is 0. The number of halogens is 1. The van der Waals surface area contributed by atoms with Gasteiger partial charge in [-0.05, 0) is 18.6 Å². The van der Waals surface area contributed by atoms with Crippen LogP contribution in [0.4, 0.5) is 0 Å². The zero-order valence-electron chi connectivity index (χ0n) is 4.74. The average Bonchev–Trinajstić information content (AvgIpc) is 1.66. The maximum atomic E-state index is 5.17. The minimum atomic E-state index is 0.847. The highest BCUT2D eigenvalue weighted by atomic mass is 35.5. The van der Waals surface area contributed by atoms with Crippen LogP contribution in [0.3, 0.4) is 0 Å². The van der Waals surface area contributed by atoms with Gasteiger partial charge in [-0.25, -0.2) is 0 Å². The molecule has 0 atom stereocenters. The molecule has 0 aliphatic rings. The van der Waals surface area contributed by atoms with E-state index >= 15 is 0 Å². The lowest BCUT2D eigenvalue weighted by molar-refractivity contribution is 1.63. The third-order valence-corrected chi connectivity index (χ3v) is 0.558. The number of allylic oxidation sites excluding steroid dienone is 2. The molecule has 0 radical (unpaired) electrons. The van der Waals surface area contributed by atoms with Gasteiger partial charge in [-0.2, -0.15) is 0 Å². The Hall–Kier alpha value is -0.670. The summed E-state index contributed by atoms with van der Waals surface area (Å²) in [5, 5.41) is 0. The van der Waals surface area contributed by atoms with Gasteiger partial charge in [0, 0.05) is 5.54 Å². The zero-order valence-corrected chi connectivity index (χ0v) is 5.50. The van der Waals surface area contributed by atoms with Gasteiger partial charge in [-0.1, -0.05) is 30.0 Å². The number of rotatable bonds is 0. The van der Waals surface area contributed by atoms with Gasteiger partial charge in [0.25, 0.3) is 0 Å². The molecule has 0 aromatic rings. The van der Waals surface area contributed by atoms with E-state index in [4.69, 9.17) is 11.6 Å². The topological polar surface area (TPSA) is 0 Å². The first-order valence-electron chi connectivity index (χ1n) is 2.19. The summed E-state index contributed by atoms with van der Waals surface area (Å²) in [5.41, 5.74) is 2.22. The Kier molecular flexibility index (Phi) is 4.11. The Morgan fingerprint density at radius 2 is 2.38 bits per heavy atom. The lowest BCUT2D eigenvalue weighted by Crippen LogP contribution is -1.57. The maximum absolute atomic E-state index is 5.17. The standard InChI is InChI=1S/C7H7Cl/c1-7(2)5-3-4-6-8/h4,6H,1H2,2H3/b6-4+. The van der Waals surface area contributed by atoms with Crippen molar-refractivity contribution >= 4 is 11.6 Å². The van der Waals surface area contributed by atoms with E-state index in [0.717, 1.165) is 5.57 Å². The van der Waals surface area contributed by atoms with Crippen LogP contribution in [-0.4, -0.2) is 0 Å². The molecule has 0 saturated carbocycles. The third kappa shape index (κ3) is 5.33. The van der Waals surface area contributed by atoms with Crippen molar-refractivity contribution < 1.29 is 0 Å². The van der Waals surface area contributed by atoms with Crippen molar-refractivity contribution in [3.8, 4) is 11.8 Å². The highest BCUT2D eigenvalue weighted by Gasteiger charge is 1.64. The van der Waals surface area contributed by atoms with Gasteiger partial charge in [0.15, 0.2) is 0 Å². The highest BCUT2D eigenvalue weighted by Crippen LogP contribution is 1.80. The average molecular weight is 127 g/mol. The van der Waals surface area contributed by atoms with Gasteiger partial charge >= 0.3 is 0 Å². The summed E-state index contributed by atoms with van der Waals surface area (Å²) in [5.74, 6) is 5.40. The molecule has 0 heterocycles. The quantitative estimate of drug-likeness (QED) is 0.437. The summed E-state index contributed by atoms with van der Waals surface area (Å²) in [6.45, 7) is 5.42. The second-order valence-corrected chi connectivity index (χ2v) is 1.59. The molecule has 0 aromatic carbocycles. The van der Waals surface area contributed by atoms with Crippen LogP contribution in [0.1, 0.15) is 6.92 Å². The van der Waals surface area contributed by atoms with Gasteiger partial charge in [0.2, 0.25) is 0 Å². The Labute approximate surface area is 54.9 Å². The maximum Gasteiger partial charge on any atom is 0.0126 e. The first-order chi connectivity index (χ1) is 3.77. The van der Waals surface area contributed by atoms with E-state index < -0.39 is 0 Å². The van der Waals surface area contributed by atoms with E-state index in [9.17, 15) is 0 Å². The fourth-order valence-electron chi connectivity index (χ4n) is 0.196. The first-order valence-corrected chi connectivity index (χ1v) is 2.63. The predicted molar refractivity (Wildman–Crippen MR) is 37.6 cm³/mol. The predicted octanol–water partition coefficient (Wildman–Crippen LogP) is 2.32. The van der Waals surface area contributed by atoms with Crippen LogP contribution in [0.15, 0.2) is 23.8 Å². The molecule has 0 amide bonds. The molecule has 1 heteroatoms. The van der Waals surface area contributed by atoms with Crippen molar-refractivity contribution in [1.29, 1.82) is 0 Å². The number of hydrogen-bond donors (Lipinski definition) is 0. The Morgan fingerprint density at radius 3 is 2.75 bits per heavy atom. The van der Waals surface area contributed by atoms with E-state index in [1.165, 1.54) is 5.54 Å². The molecule has 0 rings (SSSR count). The van der Waals surface area contributed by atoms with Crippen molar-refractivity contribution in [1.82, 2.24) is 0 Å². The molecule has 0 fully saturated rings. The molecule has 0 saturated heterocycles. The minimum absolute atomic E-state index is 0.847. The summed E-state index contributed by atoms with van der Waals surface area (Å²) in [4.78, 5) is 0. The Bertz CT molecular complexity index is 155. The third-order valence-electron chi connectivity index (χ3n) is 0.432. The molecule has 0 aliphatic heterocycles. The van der Waals surface area contributed by atoms with Crippen LogP contribution < -0.4 is 0 Å². The fraction of sp³-hybridized carbons (Fsp3) is 0.143. The largest absolute Gasteiger partial charge is 0.0923 e. The van der Waals surface area contributed by atoms with Crippen LogP contribution in [0, 0.1) is 11.8 Å². The summed E-state index contributed by atoms with van der Waals surface area (Å²) in [6.07, 6.45) is 1.57. The molecule has 0 spiro atoms. The second kappa shape index (κ2) is 4.49. The van der Waals surface area contributed by atoms with Gasteiger partial charge in [0.1, 0.15) is 0 Å². The second-order valence-electron chi connectivity index (χ2n) is 1.34. The SMILES string of the molecule is C=C(C)C#C/C=C/Cl. The van der Waals surface area contributed by atoms with Crippen molar-refractivity contribution in [3.63, 3.8) is 0 Å². The molecule has 0 nitrogen and oxygen atoms in total. The summed E-state index contributed by atoms with van der Waals surface area (Å²) in [6, 6.07) is 0. The highest BCUT2D eigenvalue weighted by molar-refractivity contribution is 6.25. The van der Waals surface area contributed by atoms with E-state index in [1.807, 2.05) is 6.92 Å². The van der Waals surface area contributed by atoms with Gasteiger partial charge in [0.05, 0.1) is 0 Å². The van der Waals surface area contributed by atoms with Gasteiger partial charge in [-0.15, -0.1) is 0 Å². The van der Waals surface area contributed by atoms with Crippen molar-refractivity contribution in [2.45, 2.75) is 6.92 Å². The van der Waals surface area contributed by atoms with Crippen LogP contribution >= 0.6 is 11.6 Å². The molecular formula is C7H7Cl. The Morgan fingerprint density at radius 1 is 1.75 bits per heavy atom. The minimum Gasteiger partial charge on any atom is -0.0923 e. The molecular weight excluding hydrogens is 120 g/mol. The van der Waals surface area contributed by atoms with E-state index in [1.54, 1.807) is 6.08 Å². The summed E-state index contributed by atoms with van der Waals surface area (Å²) < 4.78 is 0. The smallest absolute Gasteiger partial charge is 0.0126 e. The molecule has 0 N–H and O–H groups in total. The molecule has 0 unspecified atom stereocenters. The molecule has 42 valence electrons. The first kappa shape index (κ1) is 7.33.